The van der Waals surface area contributed by atoms with E-state index in [1.54, 1.807) is 0 Å². The van der Waals surface area contributed by atoms with Crippen molar-refractivity contribution in [1.29, 1.82) is 4.78 Å². The predicted octanol–water partition coefficient (Wildman–Crippen LogP) is 1.85. The van der Waals surface area contributed by atoms with Crippen LogP contribution in [0.2, 0.25) is 19.6 Å². The molecule has 0 fully saturated rings. The van der Waals surface area contributed by atoms with Gasteiger partial charge in [0.1, 0.15) is 0 Å². The second-order valence-corrected chi connectivity index (χ2v) is 7.61. The molecular formula is C3H10N2SSi. The molecule has 0 atom stereocenters. The lowest BCUT2D eigenvalue weighted by Crippen LogP contribution is -2.14. The van der Waals surface area contributed by atoms with E-state index in [2.05, 4.69) is 23.7 Å². The van der Waals surface area contributed by atoms with E-state index in [9.17, 15) is 0 Å². The summed E-state index contributed by atoms with van der Waals surface area (Å²) in [6.45, 7) is 6.32. The summed E-state index contributed by atoms with van der Waals surface area (Å²) in [6.07, 6.45) is 0. The lowest BCUT2D eigenvalue weighted by atomic mass is 11.8. The maximum atomic E-state index is 6.64. The van der Waals surface area contributed by atoms with Crippen LogP contribution in [0.1, 0.15) is 0 Å². The van der Waals surface area contributed by atoms with Crippen LogP contribution in [0.3, 0.4) is 0 Å². The van der Waals surface area contributed by atoms with Crippen molar-refractivity contribution in [3.8, 4) is 0 Å². The highest BCUT2D eigenvalue weighted by Gasteiger charge is 2.08. The van der Waals surface area contributed by atoms with Crippen molar-refractivity contribution in [2.75, 3.05) is 0 Å². The molecule has 0 saturated heterocycles. The first-order valence-electron chi connectivity index (χ1n) is 2.11. The fourth-order valence-corrected chi connectivity index (χ4v) is 1.23. The molecule has 0 aliphatic rings. The number of hydrogen-bond donors (Lipinski definition) is 1. The summed E-state index contributed by atoms with van der Waals surface area (Å²) in [4.78, 5) is 0. The molecule has 0 bridgehead atoms. The van der Waals surface area contributed by atoms with Crippen LogP contribution in [-0.2, 0) is 11.4 Å². The van der Waals surface area contributed by atoms with E-state index < -0.39 is 8.24 Å². The Morgan fingerprint density at radius 3 is 1.86 bits per heavy atom. The molecule has 7 heavy (non-hydrogen) atoms. The lowest BCUT2D eigenvalue weighted by Gasteiger charge is -2.01. The smallest absolute Gasteiger partial charge is 0.190 e. The van der Waals surface area contributed by atoms with Crippen LogP contribution in [0.15, 0.2) is 4.03 Å². The summed E-state index contributed by atoms with van der Waals surface area (Å²) in [7, 11) is -1.26. The van der Waals surface area contributed by atoms with Gasteiger partial charge in [-0.25, -0.2) is 4.78 Å². The molecule has 4 heteroatoms. The van der Waals surface area contributed by atoms with Crippen molar-refractivity contribution in [3.63, 3.8) is 0 Å². The van der Waals surface area contributed by atoms with Crippen LogP contribution in [0, 0.1) is 4.78 Å². The zero-order valence-corrected chi connectivity index (χ0v) is 6.67. The minimum Gasteiger partial charge on any atom is -0.256 e. The Kier molecular flexibility index (Phi) is 2.38. The van der Waals surface area contributed by atoms with Gasteiger partial charge in [0.25, 0.3) is 0 Å². The van der Waals surface area contributed by atoms with Gasteiger partial charge in [0.2, 0.25) is 0 Å². The van der Waals surface area contributed by atoms with Crippen molar-refractivity contribution in [1.82, 2.24) is 0 Å². The SMILES string of the molecule is C[Si](C)(C)N=S=N. The highest BCUT2D eigenvalue weighted by atomic mass is 32.1. The molecule has 0 heterocycles. The Labute approximate surface area is 48.7 Å². The zero-order chi connectivity index (χ0) is 5.91. The van der Waals surface area contributed by atoms with Crippen LogP contribution in [-0.4, -0.2) is 8.24 Å². The number of rotatable bonds is 1. The third kappa shape index (κ3) is 6.04. The minimum atomic E-state index is -1.26. The van der Waals surface area contributed by atoms with Gasteiger partial charge >= 0.3 is 0 Å². The van der Waals surface area contributed by atoms with Crippen molar-refractivity contribution in [3.05, 3.63) is 0 Å². The monoisotopic (exact) mass is 134 g/mol. The van der Waals surface area contributed by atoms with Gasteiger partial charge in [-0.15, -0.1) is 0 Å². The average molecular weight is 134 g/mol. The Bertz CT molecular complexity index is 100.0. The fourth-order valence-electron chi connectivity index (χ4n) is 0.137. The largest absolute Gasteiger partial charge is 0.256 e. The number of nitrogens with one attached hydrogen (secondary N) is 1. The molecule has 0 amide bonds. The van der Waals surface area contributed by atoms with E-state index in [1.165, 1.54) is 0 Å². The van der Waals surface area contributed by atoms with Gasteiger partial charge in [0.05, 0.1) is 0 Å². The third-order valence-corrected chi connectivity index (χ3v) is 2.88. The van der Waals surface area contributed by atoms with E-state index in [1.807, 2.05) is 0 Å². The zero-order valence-electron chi connectivity index (χ0n) is 4.86. The summed E-state index contributed by atoms with van der Waals surface area (Å²) in [5.74, 6) is 0. The first kappa shape index (κ1) is 7.04. The number of nitrogens with zero attached hydrogens (tertiary/aromatic N) is 1. The van der Waals surface area contributed by atoms with Crippen molar-refractivity contribution in [2.24, 2.45) is 4.03 Å². The molecule has 0 spiro atoms. The van der Waals surface area contributed by atoms with Crippen LogP contribution in [0.4, 0.5) is 0 Å². The maximum absolute atomic E-state index is 6.64. The van der Waals surface area contributed by atoms with E-state index in [0.717, 1.165) is 11.4 Å². The molecular weight excluding hydrogens is 124 g/mol. The topological polar surface area (TPSA) is 36.2 Å². The van der Waals surface area contributed by atoms with Crippen LogP contribution < -0.4 is 0 Å². The molecule has 0 aliphatic heterocycles. The molecule has 0 saturated carbocycles. The summed E-state index contributed by atoms with van der Waals surface area (Å²) in [5, 5.41) is 0. The first-order chi connectivity index (χ1) is 3.06. The Morgan fingerprint density at radius 1 is 1.43 bits per heavy atom. The Hall–Kier alpha value is 0.0369. The molecule has 0 radical (unpaired) electrons. The molecule has 0 aromatic carbocycles. The summed E-state index contributed by atoms with van der Waals surface area (Å²) in [5.41, 5.74) is 0. The molecule has 0 aliphatic carbocycles. The fraction of sp³-hybridized carbons (Fsp3) is 1.00. The highest BCUT2D eigenvalue weighted by Crippen LogP contribution is 1.98. The molecule has 0 aromatic heterocycles. The van der Waals surface area contributed by atoms with Gasteiger partial charge in [-0.1, -0.05) is 0 Å². The number of hydrogen-bond acceptors (Lipinski definition) is 2. The van der Waals surface area contributed by atoms with E-state index in [0.29, 0.717) is 0 Å². The molecule has 42 valence electrons. The van der Waals surface area contributed by atoms with Crippen molar-refractivity contribution >= 4 is 19.6 Å². The quantitative estimate of drug-likeness (QED) is 0.531. The lowest BCUT2D eigenvalue weighted by molar-refractivity contribution is 1.58. The molecule has 0 unspecified atom stereocenters. The minimum absolute atomic E-state index is 0.845. The second-order valence-electron chi connectivity index (χ2n) is 2.35. The van der Waals surface area contributed by atoms with Gasteiger partial charge in [-0.3, -0.25) is 4.03 Å². The molecule has 2 nitrogen and oxygen atoms in total. The molecule has 0 aromatic rings. The predicted molar refractivity (Wildman–Crippen MR) is 35.9 cm³/mol. The van der Waals surface area contributed by atoms with E-state index in [4.69, 9.17) is 4.78 Å². The van der Waals surface area contributed by atoms with Crippen molar-refractivity contribution < 1.29 is 0 Å². The van der Waals surface area contributed by atoms with Crippen LogP contribution >= 0.6 is 0 Å². The molecule has 1 N–H and O–H groups in total. The normalized spacial score (nSPS) is 10.7. The van der Waals surface area contributed by atoms with Crippen LogP contribution in [0.25, 0.3) is 0 Å². The van der Waals surface area contributed by atoms with Gasteiger partial charge in [-0.05, 0) is 19.6 Å². The summed E-state index contributed by atoms with van der Waals surface area (Å²) >= 11 is 0.845. The van der Waals surface area contributed by atoms with Crippen LogP contribution in [0.5, 0.6) is 0 Å². The highest BCUT2D eigenvalue weighted by molar-refractivity contribution is 7.57. The summed E-state index contributed by atoms with van der Waals surface area (Å²) in [6, 6.07) is 0. The average Bonchev–Trinajstić information content (AvgIpc) is 1.30. The van der Waals surface area contributed by atoms with E-state index in [-0.39, 0.29) is 0 Å². The van der Waals surface area contributed by atoms with E-state index >= 15 is 0 Å². The standard InChI is InChI=1S/C3H10N2SSi/c1-7(2,3)5-6-4/h4H,1-3H3. The third-order valence-electron chi connectivity index (χ3n) is 0.320. The Balaban J connectivity index is 3.80. The van der Waals surface area contributed by atoms with Gasteiger partial charge in [-0.2, -0.15) is 0 Å². The van der Waals surface area contributed by atoms with Gasteiger partial charge in [0.15, 0.2) is 8.24 Å². The van der Waals surface area contributed by atoms with Gasteiger partial charge < -0.3 is 0 Å². The molecule has 0 rings (SSSR count). The maximum Gasteiger partial charge on any atom is 0.190 e. The van der Waals surface area contributed by atoms with Gasteiger partial charge in [0, 0.05) is 11.4 Å². The second kappa shape index (κ2) is 2.37. The Morgan fingerprint density at radius 2 is 1.86 bits per heavy atom. The summed E-state index contributed by atoms with van der Waals surface area (Å²) < 4.78 is 10.6. The van der Waals surface area contributed by atoms with Crippen molar-refractivity contribution in [2.45, 2.75) is 19.6 Å². The first-order valence-corrected chi connectivity index (χ1v) is 6.33.